The second kappa shape index (κ2) is 6.71. The maximum Gasteiger partial charge on any atom is 0.166 e. The second-order valence-corrected chi connectivity index (χ2v) is 4.19. The fraction of sp³-hybridized carbons (Fsp3) is 0.188. The Labute approximate surface area is 112 Å². The Kier molecular flexibility index (Phi) is 4.70. The molecule has 2 aromatic carbocycles. The summed E-state index contributed by atoms with van der Waals surface area (Å²) in [5.74, 6) is 0.783. The molecule has 0 bridgehead atoms. The van der Waals surface area contributed by atoms with Crippen molar-refractivity contribution in [2.45, 2.75) is 13.0 Å². The van der Waals surface area contributed by atoms with Gasteiger partial charge in [0.05, 0.1) is 13.2 Å². The number of Topliss-reactive ketones (excluding diaryl/α,β-unsaturated/α-hetero) is 1. The van der Waals surface area contributed by atoms with Crippen molar-refractivity contribution in [3.05, 3.63) is 65.7 Å². The molecular formula is C16H16O3. The molecule has 0 aliphatic heterocycles. The molecule has 0 saturated heterocycles. The molecule has 0 saturated carbocycles. The van der Waals surface area contributed by atoms with Crippen molar-refractivity contribution in [2.24, 2.45) is 0 Å². The smallest absolute Gasteiger partial charge is 0.166 e. The first kappa shape index (κ1) is 13.3. The third-order valence-corrected chi connectivity index (χ3v) is 2.80. The van der Waals surface area contributed by atoms with E-state index >= 15 is 0 Å². The molecule has 19 heavy (non-hydrogen) atoms. The standard InChI is InChI=1S/C16H16O3/c17-12-13-6-8-15(9-7-13)19-11-10-16(18)14-4-2-1-3-5-14/h1-9,17H,10-12H2. The van der Waals surface area contributed by atoms with Crippen LogP contribution in [0, 0.1) is 0 Å². The van der Waals surface area contributed by atoms with E-state index < -0.39 is 0 Å². The lowest BCUT2D eigenvalue weighted by atomic mass is 10.1. The topological polar surface area (TPSA) is 46.5 Å². The summed E-state index contributed by atoms with van der Waals surface area (Å²) in [5, 5.41) is 8.92. The van der Waals surface area contributed by atoms with Crippen LogP contribution in [-0.2, 0) is 6.61 Å². The fourth-order valence-electron chi connectivity index (χ4n) is 1.72. The van der Waals surface area contributed by atoms with Crippen LogP contribution in [0.5, 0.6) is 5.75 Å². The average Bonchev–Trinajstić information content (AvgIpc) is 2.49. The Bertz CT molecular complexity index is 517. The summed E-state index contributed by atoms with van der Waals surface area (Å²) < 4.78 is 5.50. The molecule has 0 radical (unpaired) electrons. The van der Waals surface area contributed by atoms with Gasteiger partial charge >= 0.3 is 0 Å². The molecule has 0 aromatic heterocycles. The highest BCUT2D eigenvalue weighted by atomic mass is 16.5. The molecule has 0 heterocycles. The van der Waals surface area contributed by atoms with Crippen LogP contribution in [0.4, 0.5) is 0 Å². The van der Waals surface area contributed by atoms with Gasteiger partial charge in [0, 0.05) is 12.0 Å². The molecular weight excluding hydrogens is 240 g/mol. The maximum atomic E-state index is 11.8. The number of rotatable bonds is 6. The highest BCUT2D eigenvalue weighted by molar-refractivity contribution is 5.96. The van der Waals surface area contributed by atoms with Gasteiger partial charge in [-0.2, -0.15) is 0 Å². The van der Waals surface area contributed by atoms with Gasteiger partial charge in [0.1, 0.15) is 5.75 Å². The van der Waals surface area contributed by atoms with Gasteiger partial charge in [-0.3, -0.25) is 4.79 Å². The largest absolute Gasteiger partial charge is 0.493 e. The van der Waals surface area contributed by atoms with E-state index in [9.17, 15) is 4.79 Å². The normalized spacial score (nSPS) is 10.2. The summed E-state index contributed by atoms with van der Waals surface area (Å²) in [6.07, 6.45) is 0.353. The quantitative estimate of drug-likeness (QED) is 0.808. The van der Waals surface area contributed by atoms with Crippen molar-refractivity contribution in [3.63, 3.8) is 0 Å². The van der Waals surface area contributed by atoms with Gasteiger partial charge in [-0.25, -0.2) is 0 Å². The SMILES string of the molecule is O=C(CCOc1ccc(CO)cc1)c1ccccc1. The molecule has 3 nitrogen and oxygen atoms in total. The minimum Gasteiger partial charge on any atom is -0.493 e. The molecule has 0 aliphatic carbocycles. The number of hydrogen-bond acceptors (Lipinski definition) is 3. The van der Waals surface area contributed by atoms with Crippen molar-refractivity contribution in [1.82, 2.24) is 0 Å². The number of aliphatic hydroxyl groups is 1. The number of carbonyl (C=O) groups excluding carboxylic acids is 1. The zero-order valence-electron chi connectivity index (χ0n) is 10.6. The van der Waals surface area contributed by atoms with Crippen LogP contribution in [-0.4, -0.2) is 17.5 Å². The van der Waals surface area contributed by atoms with E-state index in [1.54, 1.807) is 36.4 Å². The zero-order chi connectivity index (χ0) is 13.5. The Hall–Kier alpha value is -2.13. The van der Waals surface area contributed by atoms with E-state index in [2.05, 4.69) is 0 Å². The second-order valence-electron chi connectivity index (χ2n) is 4.19. The van der Waals surface area contributed by atoms with E-state index in [0.29, 0.717) is 24.3 Å². The number of ketones is 1. The maximum absolute atomic E-state index is 11.8. The predicted molar refractivity (Wildman–Crippen MR) is 73.2 cm³/mol. The molecule has 1 N–H and O–H groups in total. The minimum atomic E-state index is 0.0206. The molecule has 0 aliphatic rings. The Morgan fingerprint density at radius 1 is 1.00 bits per heavy atom. The Morgan fingerprint density at radius 2 is 1.68 bits per heavy atom. The lowest BCUT2D eigenvalue weighted by Crippen LogP contribution is -2.06. The lowest BCUT2D eigenvalue weighted by Gasteiger charge is -2.06. The first-order valence-corrected chi connectivity index (χ1v) is 6.20. The van der Waals surface area contributed by atoms with Crippen LogP contribution in [0.1, 0.15) is 22.3 Å². The summed E-state index contributed by atoms with van der Waals surface area (Å²) in [5.41, 5.74) is 1.55. The molecule has 3 heteroatoms. The van der Waals surface area contributed by atoms with Crippen LogP contribution in [0.2, 0.25) is 0 Å². The van der Waals surface area contributed by atoms with Gasteiger partial charge < -0.3 is 9.84 Å². The average molecular weight is 256 g/mol. The molecule has 0 amide bonds. The summed E-state index contributed by atoms with van der Waals surface area (Å²) >= 11 is 0. The van der Waals surface area contributed by atoms with Crippen molar-refractivity contribution in [3.8, 4) is 5.75 Å². The summed E-state index contributed by atoms with van der Waals surface area (Å²) in [7, 11) is 0. The molecule has 98 valence electrons. The van der Waals surface area contributed by atoms with Gasteiger partial charge in [0.2, 0.25) is 0 Å². The number of ether oxygens (including phenoxy) is 1. The first-order valence-electron chi connectivity index (χ1n) is 6.20. The third-order valence-electron chi connectivity index (χ3n) is 2.80. The molecule has 2 rings (SSSR count). The number of carbonyl (C=O) groups is 1. The molecule has 0 atom stereocenters. The van der Waals surface area contributed by atoms with Gasteiger partial charge in [-0.1, -0.05) is 42.5 Å². The highest BCUT2D eigenvalue weighted by Gasteiger charge is 2.05. The van der Waals surface area contributed by atoms with Crippen molar-refractivity contribution in [2.75, 3.05) is 6.61 Å². The number of benzene rings is 2. The van der Waals surface area contributed by atoms with Crippen LogP contribution < -0.4 is 4.74 Å². The minimum absolute atomic E-state index is 0.0206. The summed E-state index contributed by atoms with van der Waals surface area (Å²) in [6.45, 7) is 0.374. The molecule has 0 unspecified atom stereocenters. The molecule has 0 fully saturated rings. The Balaban J connectivity index is 1.81. The van der Waals surface area contributed by atoms with Gasteiger partial charge in [-0.05, 0) is 17.7 Å². The van der Waals surface area contributed by atoms with E-state index in [4.69, 9.17) is 9.84 Å². The lowest BCUT2D eigenvalue weighted by molar-refractivity contribution is 0.0962. The molecule has 2 aromatic rings. The predicted octanol–water partition coefficient (Wildman–Crippen LogP) is 2.83. The fourth-order valence-corrected chi connectivity index (χ4v) is 1.72. The Morgan fingerprint density at radius 3 is 2.32 bits per heavy atom. The monoisotopic (exact) mass is 256 g/mol. The van der Waals surface area contributed by atoms with Crippen LogP contribution in [0.25, 0.3) is 0 Å². The van der Waals surface area contributed by atoms with Gasteiger partial charge in [-0.15, -0.1) is 0 Å². The van der Waals surface area contributed by atoms with Gasteiger partial charge in [0.25, 0.3) is 0 Å². The third kappa shape index (κ3) is 3.93. The van der Waals surface area contributed by atoms with E-state index in [1.165, 1.54) is 0 Å². The van der Waals surface area contributed by atoms with E-state index in [1.807, 2.05) is 18.2 Å². The van der Waals surface area contributed by atoms with Crippen LogP contribution in [0.15, 0.2) is 54.6 Å². The first-order chi connectivity index (χ1) is 9.29. The highest BCUT2D eigenvalue weighted by Crippen LogP contribution is 2.13. The molecule has 0 spiro atoms. The van der Waals surface area contributed by atoms with Crippen LogP contribution >= 0.6 is 0 Å². The number of aliphatic hydroxyl groups excluding tert-OH is 1. The van der Waals surface area contributed by atoms with Crippen LogP contribution in [0.3, 0.4) is 0 Å². The summed E-state index contributed by atoms with van der Waals surface area (Å²) in [6, 6.07) is 16.4. The zero-order valence-corrected chi connectivity index (χ0v) is 10.6. The van der Waals surface area contributed by atoms with Gasteiger partial charge in [0.15, 0.2) is 5.78 Å². The number of hydrogen-bond donors (Lipinski definition) is 1. The van der Waals surface area contributed by atoms with Crippen molar-refractivity contribution >= 4 is 5.78 Å². The van der Waals surface area contributed by atoms with E-state index in [0.717, 1.165) is 5.56 Å². The van der Waals surface area contributed by atoms with E-state index in [-0.39, 0.29) is 12.4 Å². The summed E-state index contributed by atoms with van der Waals surface area (Å²) in [4.78, 5) is 11.8. The van der Waals surface area contributed by atoms with Crippen molar-refractivity contribution < 1.29 is 14.6 Å². The van der Waals surface area contributed by atoms with Crippen molar-refractivity contribution in [1.29, 1.82) is 0 Å².